The Morgan fingerprint density at radius 3 is 2.65 bits per heavy atom. The summed E-state index contributed by atoms with van der Waals surface area (Å²) in [5.74, 6) is 0.408. The Morgan fingerprint density at radius 2 is 2.12 bits per heavy atom. The van der Waals surface area contributed by atoms with Crippen molar-refractivity contribution in [2.75, 3.05) is 13.2 Å². The Labute approximate surface area is 97.8 Å². The topological polar surface area (TPSA) is 138 Å². The summed E-state index contributed by atoms with van der Waals surface area (Å²) in [7, 11) is 0. The molecule has 1 saturated heterocycles. The summed E-state index contributed by atoms with van der Waals surface area (Å²) in [6.45, 7) is -0.0502. The fraction of sp³-hybridized carbons (Fsp3) is 0.667. The SMILES string of the molecule is NC1=CCN(C2O[C@H](CO)[C@@H](O)[C@H]2O)C(N)=N1. The zero-order chi connectivity index (χ0) is 12.6. The summed E-state index contributed by atoms with van der Waals surface area (Å²) in [6, 6.07) is 0. The van der Waals surface area contributed by atoms with Crippen LogP contribution in [0.4, 0.5) is 0 Å². The van der Waals surface area contributed by atoms with E-state index in [-0.39, 0.29) is 12.6 Å². The summed E-state index contributed by atoms with van der Waals surface area (Å²) >= 11 is 0. The van der Waals surface area contributed by atoms with Crippen molar-refractivity contribution in [3.05, 3.63) is 11.9 Å². The lowest BCUT2D eigenvalue weighted by Crippen LogP contribution is -2.51. The van der Waals surface area contributed by atoms with Crippen molar-refractivity contribution in [3.8, 4) is 0 Å². The van der Waals surface area contributed by atoms with Crippen LogP contribution in [-0.2, 0) is 4.74 Å². The highest BCUT2D eigenvalue weighted by atomic mass is 16.6. The molecule has 0 aromatic rings. The fourth-order valence-electron chi connectivity index (χ4n) is 1.90. The number of aliphatic hydroxyl groups is 3. The smallest absolute Gasteiger partial charge is 0.200 e. The van der Waals surface area contributed by atoms with Crippen molar-refractivity contribution >= 4 is 5.96 Å². The lowest BCUT2D eigenvalue weighted by atomic mass is 10.1. The number of nitrogens with zero attached hydrogens (tertiary/aromatic N) is 2. The molecule has 4 atom stereocenters. The third kappa shape index (κ3) is 2.07. The van der Waals surface area contributed by atoms with E-state index in [2.05, 4.69) is 4.99 Å². The predicted molar refractivity (Wildman–Crippen MR) is 58.4 cm³/mol. The van der Waals surface area contributed by atoms with Crippen LogP contribution in [0.15, 0.2) is 16.9 Å². The van der Waals surface area contributed by atoms with Crippen molar-refractivity contribution in [1.82, 2.24) is 4.90 Å². The lowest BCUT2D eigenvalue weighted by molar-refractivity contribution is -0.0693. The molecule has 0 aliphatic carbocycles. The highest BCUT2D eigenvalue weighted by Crippen LogP contribution is 2.24. The van der Waals surface area contributed by atoms with Gasteiger partial charge in [-0.15, -0.1) is 0 Å². The van der Waals surface area contributed by atoms with Gasteiger partial charge in [-0.25, -0.2) is 0 Å². The molecule has 8 heteroatoms. The molecule has 1 fully saturated rings. The first kappa shape index (κ1) is 12.1. The molecule has 0 aromatic heterocycles. The molecule has 0 aromatic carbocycles. The molecule has 0 radical (unpaired) electrons. The van der Waals surface area contributed by atoms with Gasteiger partial charge in [0.05, 0.1) is 6.61 Å². The quantitative estimate of drug-likeness (QED) is 0.346. The van der Waals surface area contributed by atoms with Crippen LogP contribution in [0, 0.1) is 0 Å². The Hall–Kier alpha value is -1.35. The molecule has 8 nitrogen and oxygen atoms in total. The lowest BCUT2D eigenvalue weighted by Gasteiger charge is -2.32. The maximum absolute atomic E-state index is 9.80. The number of aliphatic imine (C=N–C) groups is 1. The van der Waals surface area contributed by atoms with Crippen LogP contribution in [0.5, 0.6) is 0 Å². The highest BCUT2D eigenvalue weighted by Gasteiger charge is 2.45. The summed E-state index contributed by atoms with van der Waals surface area (Å²) in [6.07, 6.45) is -2.36. The molecule has 2 rings (SSSR count). The summed E-state index contributed by atoms with van der Waals surface area (Å²) in [4.78, 5) is 5.32. The minimum Gasteiger partial charge on any atom is -0.394 e. The van der Waals surface area contributed by atoms with Gasteiger partial charge in [-0.3, -0.25) is 0 Å². The van der Waals surface area contributed by atoms with E-state index in [1.165, 1.54) is 4.90 Å². The van der Waals surface area contributed by atoms with Crippen LogP contribution in [0.2, 0.25) is 0 Å². The van der Waals surface area contributed by atoms with Gasteiger partial charge in [0, 0.05) is 6.54 Å². The van der Waals surface area contributed by atoms with Gasteiger partial charge in [-0.2, -0.15) is 4.99 Å². The zero-order valence-electron chi connectivity index (χ0n) is 9.10. The molecule has 96 valence electrons. The van der Waals surface area contributed by atoms with Crippen LogP contribution in [0.3, 0.4) is 0 Å². The molecule has 2 aliphatic rings. The van der Waals surface area contributed by atoms with E-state index >= 15 is 0 Å². The van der Waals surface area contributed by atoms with Gasteiger partial charge < -0.3 is 36.4 Å². The second-order valence-corrected chi connectivity index (χ2v) is 3.98. The molecule has 0 amide bonds. The number of hydrogen-bond acceptors (Lipinski definition) is 8. The molecule has 0 saturated carbocycles. The van der Waals surface area contributed by atoms with Crippen LogP contribution < -0.4 is 11.5 Å². The first-order valence-corrected chi connectivity index (χ1v) is 5.23. The molecule has 0 spiro atoms. The first-order chi connectivity index (χ1) is 8.04. The van der Waals surface area contributed by atoms with E-state index in [4.69, 9.17) is 21.3 Å². The molecular weight excluding hydrogens is 228 g/mol. The van der Waals surface area contributed by atoms with E-state index < -0.39 is 24.5 Å². The zero-order valence-corrected chi connectivity index (χ0v) is 9.10. The predicted octanol–water partition coefficient (Wildman–Crippen LogP) is -3.14. The maximum Gasteiger partial charge on any atom is 0.200 e. The number of aliphatic hydroxyl groups excluding tert-OH is 3. The van der Waals surface area contributed by atoms with Crippen molar-refractivity contribution in [2.24, 2.45) is 16.5 Å². The second kappa shape index (κ2) is 4.49. The Balaban J connectivity index is 2.12. The van der Waals surface area contributed by atoms with E-state index in [1.54, 1.807) is 6.08 Å². The molecule has 1 unspecified atom stereocenters. The third-order valence-electron chi connectivity index (χ3n) is 2.86. The normalized spacial score (nSPS) is 37.9. The Kier molecular flexibility index (Phi) is 3.20. The van der Waals surface area contributed by atoms with Gasteiger partial charge in [0.1, 0.15) is 24.1 Å². The average Bonchev–Trinajstić information content (AvgIpc) is 2.57. The van der Waals surface area contributed by atoms with Crippen molar-refractivity contribution in [3.63, 3.8) is 0 Å². The summed E-state index contributed by atoms with van der Waals surface area (Å²) < 4.78 is 5.33. The molecule has 7 N–H and O–H groups in total. The fourth-order valence-corrected chi connectivity index (χ4v) is 1.90. The molecule has 17 heavy (non-hydrogen) atoms. The van der Waals surface area contributed by atoms with Crippen LogP contribution >= 0.6 is 0 Å². The Morgan fingerprint density at radius 1 is 1.41 bits per heavy atom. The van der Waals surface area contributed by atoms with E-state index in [0.717, 1.165) is 0 Å². The second-order valence-electron chi connectivity index (χ2n) is 3.98. The van der Waals surface area contributed by atoms with Gasteiger partial charge in [0.25, 0.3) is 0 Å². The molecular formula is C9H16N4O4. The largest absolute Gasteiger partial charge is 0.394 e. The monoisotopic (exact) mass is 244 g/mol. The summed E-state index contributed by atoms with van der Waals surface area (Å²) in [5.41, 5.74) is 11.1. The van der Waals surface area contributed by atoms with Gasteiger partial charge in [0.15, 0.2) is 12.2 Å². The van der Waals surface area contributed by atoms with Gasteiger partial charge >= 0.3 is 0 Å². The maximum atomic E-state index is 9.80. The van der Waals surface area contributed by atoms with Crippen molar-refractivity contribution in [2.45, 2.75) is 24.5 Å². The van der Waals surface area contributed by atoms with Crippen molar-refractivity contribution in [1.29, 1.82) is 0 Å². The number of rotatable bonds is 2. The summed E-state index contributed by atoms with van der Waals surface area (Å²) in [5, 5.41) is 28.4. The first-order valence-electron chi connectivity index (χ1n) is 5.23. The number of ether oxygens (including phenoxy) is 1. The molecule has 2 heterocycles. The number of guanidine groups is 1. The molecule has 2 aliphatic heterocycles. The van der Waals surface area contributed by atoms with Gasteiger partial charge in [-0.05, 0) is 6.08 Å². The van der Waals surface area contributed by atoms with E-state index in [1.807, 2.05) is 0 Å². The van der Waals surface area contributed by atoms with E-state index in [9.17, 15) is 10.2 Å². The van der Waals surface area contributed by atoms with Crippen LogP contribution in [0.1, 0.15) is 0 Å². The van der Waals surface area contributed by atoms with Gasteiger partial charge in [0.2, 0.25) is 0 Å². The van der Waals surface area contributed by atoms with Crippen LogP contribution in [0.25, 0.3) is 0 Å². The third-order valence-corrected chi connectivity index (χ3v) is 2.86. The number of hydrogen-bond donors (Lipinski definition) is 5. The van der Waals surface area contributed by atoms with Crippen LogP contribution in [-0.4, -0.2) is 63.9 Å². The highest BCUT2D eigenvalue weighted by molar-refractivity contribution is 5.80. The van der Waals surface area contributed by atoms with E-state index in [0.29, 0.717) is 12.4 Å². The van der Waals surface area contributed by atoms with Gasteiger partial charge in [-0.1, -0.05) is 0 Å². The van der Waals surface area contributed by atoms with Crippen molar-refractivity contribution < 1.29 is 20.1 Å². The minimum atomic E-state index is -1.16. The standard InChI is InChI=1S/C9H16N4O4/c10-5-1-2-13(9(11)12-5)8-7(16)6(15)4(3-14)17-8/h1,4,6-8,14-16H,2-3,10H2,(H2,11,12)/t4-,6-,7-,8?/m1/s1. The number of nitrogens with two attached hydrogens (primary N) is 2. The minimum absolute atomic E-state index is 0.111. The average molecular weight is 244 g/mol. The Bertz CT molecular complexity index is 359. The molecule has 0 bridgehead atoms.